The highest BCUT2D eigenvalue weighted by Gasteiger charge is 2.37. The summed E-state index contributed by atoms with van der Waals surface area (Å²) in [5.74, 6) is -1.40. The second-order valence-corrected chi connectivity index (χ2v) is 5.88. The van der Waals surface area contributed by atoms with E-state index in [1.165, 1.54) is 4.90 Å². The van der Waals surface area contributed by atoms with E-state index in [-0.39, 0.29) is 26.1 Å². The lowest BCUT2D eigenvalue weighted by Crippen LogP contribution is -2.45. The number of rotatable bonds is 7. The molecule has 1 saturated heterocycles. The van der Waals surface area contributed by atoms with E-state index in [0.29, 0.717) is 0 Å². The molecule has 0 aromatic heterocycles. The molecular formula is C15H18N2O5S. The summed E-state index contributed by atoms with van der Waals surface area (Å²) in [5.41, 5.74) is 0.894. The van der Waals surface area contributed by atoms with E-state index in [2.05, 4.69) is 5.32 Å². The Hall–Kier alpha value is -2.22. The maximum absolute atomic E-state index is 12.1. The molecule has 0 aliphatic carbocycles. The molecule has 1 fully saturated rings. The van der Waals surface area contributed by atoms with Crippen LogP contribution in [0.1, 0.15) is 12.0 Å². The number of nitrogens with one attached hydrogen (secondary N) is 1. The van der Waals surface area contributed by atoms with Gasteiger partial charge in [0, 0.05) is 11.4 Å². The SMILES string of the molecule is CSc1ccc(CN2C(=O)OC[C@H]2C(=O)NCCC(=O)O)cc1. The van der Waals surface area contributed by atoms with Gasteiger partial charge in [0.25, 0.3) is 0 Å². The van der Waals surface area contributed by atoms with Crippen molar-refractivity contribution in [2.45, 2.75) is 23.9 Å². The zero-order chi connectivity index (χ0) is 16.8. The zero-order valence-corrected chi connectivity index (χ0v) is 13.5. The minimum atomic E-state index is -0.991. The van der Waals surface area contributed by atoms with Crippen molar-refractivity contribution in [2.24, 2.45) is 0 Å². The molecule has 0 bridgehead atoms. The summed E-state index contributed by atoms with van der Waals surface area (Å²) >= 11 is 1.62. The molecule has 2 rings (SSSR count). The summed E-state index contributed by atoms with van der Waals surface area (Å²) in [4.78, 5) is 36.8. The number of ether oxygens (including phenoxy) is 1. The van der Waals surface area contributed by atoms with Crippen LogP contribution >= 0.6 is 11.8 Å². The number of nitrogens with zero attached hydrogens (tertiary/aromatic N) is 1. The van der Waals surface area contributed by atoms with Crippen molar-refractivity contribution in [3.63, 3.8) is 0 Å². The molecule has 0 unspecified atom stereocenters. The number of benzene rings is 1. The van der Waals surface area contributed by atoms with Crippen molar-refractivity contribution in [3.05, 3.63) is 29.8 Å². The summed E-state index contributed by atoms with van der Waals surface area (Å²) in [5, 5.41) is 11.1. The Balaban J connectivity index is 1.98. The second kappa shape index (κ2) is 7.87. The molecular weight excluding hydrogens is 320 g/mol. The summed E-state index contributed by atoms with van der Waals surface area (Å²) < 4.78 is 4.95. The van der Waals surface area contributed by atoms with E-state index in [0.717, 1.165) is 10.5 Å². The fourth-order valence-electron chi connectivity index (χ4n) is 2.18. The molecule has 8 heteroatoms. The Morgan fingerprint density at radius 3 is 2.70 bits per heavy atom. The van der Waals surface area contributed by atoms with Gasteiger partial charge in [-0.1, -0.05) is 12.1 Å². The molecule has 1 atom stereocenters. The first-order chi connectivity index (χ1) is 11.0. The highest BCUT2D eigenvalue weighted by Crippen LogP contribution is 2.19. The maximum atomic E-state index is 12.1. The number of cyclic esters (lactones) is 1. The van der Waals surface area contributed by atoms with Gasteiger partial charge in [-0.3, -0.25) is 14.5 Å². The average Bonchev–Trinajstić information content (AvgIpc) is 2.89. The molecule has 1 aromatic carbocycles. The van der Waals surface area contributed by atoms with Crippen molar-refractivity contribution < 1.29 is 24.2 Å². The number of carbonyl (C=O) groups excluding carboxylic acids is 2. The van der Waals surface area contributed by atoms with Gasteiger partial charge >= 0.3 is 12.1 Å². The second-order valence-electron chi connectivity index (χ2n) is 5.00. The van der Waals surface area contributed by atoms with E-state index < -0.39 is 24.0 Å². The minimum absolute atomic E-state index is 0.0229. The number of hydrogen-bond donors (Lipinski definition) is 2. The molecule has 0 saturated carbocycles. The van der Waals surface area contributed by atoms with E-state index in [1.807, 2.05) is 30.5 Å². The highest BCUT2D eigenvalue weighted by molar-refractivity contribution is 7.98. The van der Waals surface area contributed by atoms with Crippen LogP contribution in [-0.4, -0.2) is 53.4 Å². The third kappa shape index (κ3) is 4.62. The van der Waals surface area contributed by atoms with Crippen molar-refractivity contribution in [2.75, 3.05) is 19.4 Å². The van der Waals surface area contributed by atoms with Crippen molar-refractivity contribution in [1.82, 2.24) is 10.2 Å². The fraction of sp³-hybridized carbons (Fsp3) is 0.400. The number of hydrogen-bond acceptors (Lipinski definition) is 5. The predicted molar refractivity (Wildman–Crippen MR) is 84.2 cm³/mol. The zero-order valence-electron chi connectivity index (χ0n) is 12.7. The summed E-state index contributed by atoms with van der Waals surface area (Å²) in [6.07, 6.45) is 1.27. The van der Waals surface area contributed by atoms with Gasteiger partial charge in [-0.25, -0.2) is 4.79 Å². The third-order valence-corrected chi connectivity index (χ3v) is 4.17. The summed E-state index contributed by atoms with van der Waals surface area (Å²) in [7, 11) is 0. The van der Waals surface area contributed by atoms with Gasteiger partial charge in [-0.15, -0.1) is 11.8 Å². The van der Waals surface area contributed by atoms with Gasteiger partial charge in [-0.2, -0.15) is 0 Å². The van der Waals surface area contributed by atoms with Gasteiger partial charge in [0.2, 0.25) is 5.91 Å². The topological polar surface area (TPSA) is 95.9 Å². The quantitative estimate of drug-likeness (QED) is 0.728. The van der Waals surface area contributed by atoms with Crippen molar-refractivity contribution in [1.29, 1.82) is 0 Å². The van der Waals surface area contributed by atoms with Crippen LogP contribution in [0.15, 0.2) is 29.2 Å². The number of amides is 2. The Morgan fingerprint density at radius 2 is 2.09 bits per heavy atom. The van der Waals surface area contributed by atoms with Gasteiger partial charge in [0.05, 0.1) is 13.0 Å². The number of carboxylic acids is 1. The summed E-state index contributed by atoms with van der Waals surface area (Å²) in [6, 6.07) is 6.96. The Kier molecular flexibility index (Phi) is 5.86. The molecule has 7 nitrogen and oxygen atoms in total. The normalized spacial score (nSPS) is 17.0. The standard InChI is InChI=1S/C15H18N2O5S/c1-23-11-4-2-10(3-5-11)8-17-12(9-22-15(17)21)14(20)16-7-6-13(18)19/h2-5,12H,6-9H2,1H3,(H,16,20)(H,18,19)/t12-/m0/s1. The van der Waals surface area contributed by atoms with Crippen LogP contribution in [-0.2, 0) is 20.9 Å². The molecule has 2 N–H and O–H groups in total. The molecule has 1 aliphatic rings. The summed E-state index contributed by atoms with van der Waals surface area (Å²) in [6.45, 7) is 0.264. The highest BCUT2D eigenvalue weighted by atomic mass is 32.2. The maximum Gasteiger partial charge on any atom is 0.410 e. The molecule has 1 aromatic rings. The van der Waals surface area contributed by atoms with Crippen LogP contribution in [0.4, 0.5) is 4.79 Å². The molecule has 0 radical (unpaired) electrons. The number of aliphatic carboxylic acids is 1. The lowest BCUT2D eigenvalue weighted by atomic mass is 10.2. The van der Waals surface area contributed by atoms with Gasteiger partial charge < -0.3 is 15.2 Å². The van der Waals surface area contributed by atoms with Crippen molar-refractivity contribution in [3.8, 4) is 0 Å². The van der Waals surface area contributed by atoms with Gasteiger partial charge in [-0.05, 0) is 24.0 Å². The Bertz CT molecular complexity index is 590. The first-order valence-electron chi connectivity index (χ1n) is 7.07. The number of carbonyl (C=O) groups is 3. The fourth-order valence-corrected chi connectivity index (χ4v) is 2.59. The van der Waals surface area contributed by atoms with E-state index in [9.17, 15) is 14.4 Å². The van der Waals surface area contributed by atoms with E-state index >= 15 is 0 Å². The molecule has 0 spiro atoms. The largest absolute Gasteiger partial charge is 0.481 e. The Morgan fingerprint density at radius 1 is 1.39 bits per heavy atom. The first kappa shape index (κ1) is 17.1. The van der Waals surface area contributed by atoms with Crippen LogP contribution in [0, 0.1) is 0 Å². The van der Waals surface area contributed by atoms with Crippen LogP contribution < -0.4 is 5.32 Å². The van der Waals surface area contributed by atoms with Crippen molar-refractivity contribution >= 4 is 29.7 Å². The van der Waals surface area contributed by atoms with Gasteiger partial charge in [0.15, 0.2) is 0 Å². The minimum Gasteiger partial charge on any atom is -0.481 e. The average molecular weight is 338 g/mol. The molecule has 1 heterocycles. The monoisotopic (exact) mass is 338 g/mol. The third-order valence-electron chi connectivity index (χ3n) is 3.43. The molecule has 2 amide bonds. The Labute approximate surface area is 138 Å². The van der Waals surface area contributed by atoms with Gasteiger partial charge in [0.1, 0.15) is 12.6 Å². The van der Waals surface area contributed by atoms with E-state index in [4.69, 9.17) is 9.84 Å². The number of carboxylic acid groups (broad SMARTS) is 1. The van der Waals surface area contributed by atoms with Crippen LogP contribution in [0.5, 0.6) is 0 Å². The smallest absolute Gasteiger partial charge is 0.410 e. The van der Waals surface area contributed by atoms with E-state index in [1.54, 1.807) is 11.8 Å². The van der Waals surface area contributed by atoms with Crippen LogP contribution in [0.3, 0.4) is 0 Å². The predicted octanol–water partition coefficient (Wildman–Crippen LogP) is 1.32. The molecule has 124 valence electrons. The number of thioether (sulfide) groups is 1. The first-order valence-corrected chi connectivity index (χ1v) is 8.29. The lowest BCUT2D eigenvalue weighted by Gasteiger charge is -2.20. The van der Waals surface area contributed by atoms with Crippen LogP contribution in [0.25, 0.3) is 0 Å². The molecule has 1 aliphatic heterocycles. The van der Waals surface area contributed by atoms with Crippen LogP contribution in [0.2, 0.25) is 0 Å². The lowest BCUT2D eigenvalue weighted by molar-refractivity contribution is -0.137. The molecule has 23 heavy (non-hydrogen) atoms.